The molecule has 0 spiro atoms. The van der Waals surface area contributed by atoms with Crippen LogP contribution in [0.4, 0.5) is 0 Å². The molecule has 0 N–H and O–H groups in total. The number of aryl methyl sites for hydroxylation is 1. The average Bonchev–Trinajstić information content (AvgIpc) is 2.73. The van der Waals surface area contributed by atoms with Crippen LogP contribution in [0.2, 0.25) is 0 Å². The Balaban J connectivity index is 1.96. The molecule has 0 aromatic heterocycles. The van der Waals surface area contributed by atoms with Crippen molar-refractivity contribution < 1.29 is 22.7 Å². The number of hydrogen-bond donors (Lipinski definition) is 0. The Kier molecular flexibility index (Phi) is 6.03. The molecule has 0 fully saturated rings. The van der Waals surface area contributed by atoms with Crippen molar-refractivity contribution in [2.75, 3.05) is 20.0 Å². The van der Waals surface area contributed by atoms with Crippen LogP contribution in [0, 0.1) is 6.92 Å². The van der Waals surface area contributed by atoms with Crippen LogP contribution >= 0.6 is 0 Å². The van der Waals surface area contributed by atoms with Gasteiger partial charge in [0.2, 0.25) is 0 Å². The standard InChI is InChI=1S/C23H22O5S/c1-16-8-11-18(12-9-16)29(25,26)15-21(24)20-7-5-4-6-19(20)17-10-13-22(27-2)23(14-17)28-3/h4-14H,15H2,1-3H3. The van der Waals surface area contributed by atoms with E-state index in [1.165, 1.54) is 19.2 Å². The van der Waals surface area contributed by atoms with Crippen LogP contribution in [0.3, 0.4) is 0 Å². The molecule has 0 saturated carbocycles. The lowest BCUT2D eigenvalue weighted by Gasteiger charge is -2.13. The monoisotopic (exact) mass is 410 g/mol. The zero-order valence-corrected chi connectivity index (χ0v) is 17.3. The third-order valence-corrected chi connectivity index (χ3v) is 6.26. The minimum absolute atomic E-state index is 0.139. The molecular formula is C23H22O5S. The third kappa shape index (κ3) is 4.49. The van der Waals surface area contributed by atoms with E-state index in [0.717, 1.165) is 11.1 Å². The summed E-state index contributed by atoms with van der Waals surface area (Å²) in [7, 11) is -0.660. The van der Waals surface area contributed by atoms with E-state index in [0.29, 0.717) is 22.6 Å². The van der Waals surface area contributed by atoms with Crippen LogP contribution in [-0.4, -0.2) is 34.2 Å². The summed E-state index contributed by atoms with van der Waals surface area (Å²) in [5.74, 6) is 0.0397. The molecule has 0 aliphatic heterocycles. The maximum absolute atomic E-state index is 12.9. The SMILES string of the molecule is COc1ccc(-c2ccccc2C(=O)CS(=O)(=O)c2ccc(C)cc2)cc1OC. The molecule has 3 aromatic rings. The second-order valence-electron chi connectivity index (χ2n) is 6.61. The highest BCUT2D eigenvalue weighted by atomic mass is 32.2. The number of Topliss-reactive ketones (excluding diaryl/α,β-unsaturated/α-hetero) is 1. The van der Waals surface area contributed by atoms with Gasteiger partial charge in [-0.15, -0.1) is 0 Å². The van der Waals surface area contributed by atoms with Gasteiger partial charge in [-0.05, 0) is 42.3 Å². The molecule has 6 heteroatoms. The fourth-order valence-electron chi connectivity index (χ4n) is 3.06. The van der Waals surface area contributed by atoms with Crippen LogP contribution in [0.1, 0.15) is 15.9 Å². The Morgan fingerprint density at radius 1 is 0.862 bits per heavy atom. The van der Waals surface area contributed by atoms with Crippen molar-refractivity contribution >= 4 is 15.6 Å². The van der Waals surface area contributed by atoms with E-state index in [1.54, 1.807) is 55.6 Å². The zero-order chi connectivity index (χ0) is 21.0. The van der Waals surface area contributed by atoms with Gasteiger partial charge >= 0.3 is 0 Å². The summed E-state index contributed by atoms with van der Waals surface area (Å²) >= 11 is 0. The van der Waals surface area contributed by atoms with Gasteiger partial charge in [0.1, 0.15) is 5.75 Å². The molecule has 0 saturated heterocycles. The number of rotatable bonds is 7. The first kappa shape index (κ1) is 20.6. The van der Waals surface area contributed by atoms with Gasteiger partial charge in [0.15, 0.2) is 27.1 Å². The number of benzene rings is 3. The third-order valence-electron chi connectivity index (χ3n) is 4.62. The largest absolute Gasteiger partial charge is 0.493 e. The Bertz CT molecular complexity index is 1130. The summed E-state index contributed by atoms with van der Waals surface area (Å²) in [5, 5.41) is 0. The zero-order valence-electron chi connectivity index (χ0n) is 16.5. The molecule has 0 aliphatic carbocycles. The van der Waals surface area contributed by atoms with Crippen LogP contribution in [0.25, 0.3) is 11.1 Å². The van der Waals surface area contributed by atoms with Crippen molar-refractivity contribution in [3.8, 4) is 22.6 Å². The van der Waals surface area contributed by atoms with Crippen molar-refractivity contribution in [1.29, 1.82) is 0 Å². The topological polar surface area (TPSA) is 69.7 Å². The second kappa shape index (κ2) is 8.49. The summed E-state index contributed by atoms with van der Waals surface area (Å²) in [6, 6.07) is 18.7. The molecule has 0 aliphatic rings. The number of methoxy groups -OCH3 is 2. The van der Waals surface area contributed by atoms with Gasteiger partial charge < -0.3 is 9.47 Å². The van der Waals surface area contributed by atoms with Gasteiger partial charge in [-0.1, -0.05) is 48.0 Å². The van der Waals surface area contributed by atoms with Gasteiger partial charge in [0, 0.05) is 5.56 Å². The summed E-state index contributed by atoms with van der Waals surface area (Å²) in [6.07, 6.45) is 0. The quantitative estimate of drug-likeness (QED) is 0.542. The van der Waals surface area contributed by atoms with Gasteiger partial charge in [-0.2, -0.15) is 0 Å². The number of carbonyl (C=O) groups is 1. The van der Waals surface area contributed by atoms with Gasteiger partial charge in [-0.3, -0.25) is 4.79 Å². The molecule has 0 atom stereocenters. The highest BCUT2D eigenvalue weighted by Crippen LogP contribution is 2.34. The maximum Gasteiger partial charge on any atom is 0.185 e. The minimum atomic E-state index is -3.74. The van der Waals surface area contributed by atoms with Crippen molar-refractivity contribution in [2.45, 2.75) is 11.8 Å². The van der Waals surface area contributed by atoms with Crippen LogP contribution in [0.5, 0.6) is 11.5 Å². The van der Waals surface area contributed by atoms with Crippen LogP contribution < -0.4 is 9.47 Å². The first-order valence-corrected chi connectivity index (χ1v) is 10.6. The number of ether oxygens (including phenoxy) is 2. The number of ketones is 1. The summed E-state index contributed by atoms with van der Waals surface area (Å²) in [5.41, 5.74) is 2.67. The smallest absolute Gasteiger partial charge is 0.185 e. The van der Waals surface area contributed by atoms with E-state index < -0.39 is 21.4 Å². The molecule has 150 valence electrons. The van der Waals surface area contributed by atoms with Crippen molar-refractivity contribution in [2.24, 2.45) is 0 Å². The Morgan fingerprint density at radius 2 is 1.52 bits per heavy atom. The molecule has 0 amide bonds. The van der Waals surface area contributed by atoms with E-state index in [4.69, 9.17) is 9.47 Å². The lowest BCUT2D eigenvalue weighted by atomic mass is 9.97. The molecule has 0 bridgehead atoms. The van der Waals surface area contributed by atoms with Crippen molar-refractivity contribution in [3.05, 3.63) is 77.9 Å². The Hall–Kier alpha value is -3.12. The predicted molar refractivity (Wildman–Crippen MR) is 113 cm³/mol. The number of carbonyl (C=O) groups excluding carboxylic acids is 1. The lowest BCUT2D eigenvalue weighted by molar-refractivity contribution is 0.102. The maximum atomic E-state index is 12.9. The highest BCUT2D eigenvalue weighted by Gasteiger charge is 2.22. The molecule has 3 rings (SSSR count). The van der Waals surface area contributed by atoms with Crippen molar-refractivity contribution in [1.82, 2.24) is 0 Å². The summed E-state index contributed by atoms with van der Waals surface area (Å²) in [4.78, 5) is 13.1. The molecule has 29 heavy (non-hydrogen) atoms. The summed E-state index contributed by atoms with van der Waals surface area (Å²) in [6.45, 7) is 1.88. The first-order valence-electron chi connectivity index (χ1n) is 9.00. The fraction of sp³-hybridized carbons (Fsp3) is 0.174. The molecule has 0 radical (unpaired) electrons. The molecule has 3 aromatic carbocycles. The first-order chi connectivity index (χ1) is 13.9. The van der Waals surface area contributed by atoms with Crippen LogP contribution in [-0.2, 0) is 9.84 Å². The van der Waals surface area contributed by atoms with E-state index >= 15 is 0 Å². The van der Waals surface area contributed by atoms with E-state index in [1.807, 2.05) is 13.0 Å². The number of sulfone groups is 1. The van der Waals surface area contributed by atoms with E-state index in [2.05, 4.69) is 0 Å². The highest BCUT2D eigenvalue weighted by molar-refractivity contribution is 7.92. The normalized spacial score (nSPS) is 11.1. The molecule has 0 heterocycles. The van der Waals surface area contributed by atoms with Gasteiger partial charge in [-0.25, -0.2) is 8.42 Å². The van der Waals surface area contributed by atoms with Crippen LogP contribution in [0.15, 0.2) is 71.6 Å². The molecule has 5 nitrogen and oxygen atoms in total. The Morgan fingerprint density at radius 3 is 2.17 bits per heavy atom. The predicted octanol–water partition coefficient (Wildman–Crippen LogP) is 4.34. The fourth-order valence-corrected chi connectivity index (χ4v) is 4.28. The van der Waals surface area contributed by atoms with E-state index in [9.17, 15) is 13.2 Å². The lowest BCUT2D eigenvalue weighted by Crippen LogP contribution is -2.17. The molecule has 0 unspecified atom stereocenters. The van der Waals surface area contributed by atoms with E-state index in [-0.39, 0.29) is 4.90 Å². The van der Waals surface area contributed by atoms with Gasteiger partial charge in [0.05, 0.1) is 19.1 Å². The number of hydrogen-bond acceptors (Lipinski definition) is 5. The van der Waals surface area contributed by atoms with Gasteiger partial charge in [0.25, 0.3) is 0 Å². The second-order valence-corrected chi connectivity index (χ2v) is 8.60. The minimum Gasteiger partial charge on any atom is -0.493 e. The summed E-state index contributed by atoms with van der Waals surface area (Å²) < 4.78 is 36.0. The molecular weight excluding hydrogens is 388 g/mol. The average molecular weight is 410 g/mol. The Labute approximate surface area is 170 Å². The van der Waals surface area contributed by atoms with Crippen molar-refractivity contribution in [3.63, 3.8) is 0 Å².